The van der Waals surface area contributed by atoms with Crippen LogP contribution in [-0.4, -0.2) is 24.8 Å². The number of hydrogen-bond donors (Lipinski definition) is 2. The standard InChI is InChI=1S/C10H23NO/c1-6-8(7-12)9(11-5)10(2,3)4/h8-9,11-12H,6-7H2,1-5H3. The van der Waals surface area contributed by atoms with Crippen molar-refractivity contribution in [3.05, 3.63) is 0 Å². The molecular formula is C10H23NO. The summed E-state index contributed by atoms with van der Waals surface area (Å²) in [6.45, 7) is 9.00. The van der Waals surface area contributed by atoms with E-state index in [1.165, 1.54) is 0 Å². The van der Waals surface area contributed by atoms with E-state index in [0.717, 1.165) is 6.42 Å². The molecule has 0 aliphatic carbocycles. The van der Waals surface area contributed by atoms with E-state index < -0.39 is 0 Å². The molecule has 0 amide bonds. The lowest BCUT2D eigenvalue weighted by Gasteiger charge is -2.35. The van der Waals surface area contributed by atoms with Crippen molar-refractivity contribution in [3.63, 3.8) is 0 Å². The zero-order chi connectivity index (χ0) is 9.78. The Morgan fingerprint density at radius 2 is 1.83 bits per heavy atom. The molecule has 0 saturated heterocycles. The van der Waals surface area contributed by atoms with Crippen LogP contribution in [0.5, 0.6) is 0 Å². The predicted molar refractivity (Wildman–Crippen MR) is 53.2 cm³/mol. The van der Waals surface area contributed by atoms with Crippen molar-refractivity contribution in [3.8, 4) is 0 Å². The van der Waals surface area contributed by atoms with Crippen LogP contribution in [-0.2, 0) is 0 Å². The zero-order valence-corrected chi connectivity index (χ0v) is 9.02. The van der Waals surface area contributed by atoms with Crippen molar-refractivity contribution in [2.75, 3.05) is 13.7 Å². The van der Waals surface area contributed by atoms with Gasteiger partial charge in [0, 0.05) is 12.6 Å². The van der Waals surface area contributed by atoms with E-state index in [9.17, 15) is 0 Å². The van der Waals surface area contributed by atoms with Gasteiger partial charge >= 0.3 is 0 Å². The molecule has 0 spiro atoms. The second-order valence-corrected chi connectivity index (χ2v) is 4.48. The predicted octanol–water partition coefficient (Wildman–Crippen LogP) is 1.64. The summed E-state index contributed by atoms with van der Waals surface area (Å²) >= 11 is 0. The highest BCUT2D eigenvalue weighted by molar-refractivity contribution is 4.84. The summed E-state index contributed by atoms with van der Waals surface area (Å²) in [5.74, 6) is 0.370. The van der Waals surface area contributed by atoms with Crippen LogP contribution in [0.25, 0.3) is 0 Å². The summed E-state index contributed by atoms with van der Waals surface area (Å²) in [7, 11) is 1.97. The molecule has 2 heteroatoms. The molecule has 2 atom stereocenters. The van der Waals surface area contributed by atoms with Crippen LogP contribution in [0.2, 0.25) is 0 Å². The summed E-state index contributed by atoms with van der Waals surface area (Å²) in [6, 6.07) is 0.396. The summed E-state index contributed by atoms with van der Waals surface area (Å²) < 4.78 is 0. The number of nitrogens with one attached hydrogen (secondary N) is 1. The van der Waals surface area contributed by atoms with Crippen LogP contribution >= 0.6 is 0 Å². The summed E-state index contributed by atoms with van der Waals surface area (Å²) in [6.07, 6.45) is 1.03. The topological polar surface area (TPSA) is 32.3 Å². The van der Waals surface area contributed by atoms with Gasteiger partial charge in [0.1, 0.15) is 0 Å². The fourth-order valence-electron chi connectivity index (χ4n) is 1.85. The van der Waals surface area contributed by atoms with Crippen LogP contribution in [0.4, 0.5) is 0 Å². The van der Waals surface area contributed by atoms with Gasteiger partial charge in [0.2, 0.25) is 0 Å². The number of rotatable bonds is 4. The molecule has 0 aromatic rings. The SMILES string of the molecule is CCC(CO)C(NC)C(C)(C)C. The first-order chi connectivity index (χ1) is 5.47. The van der Waals surface area contributed by atoms with Gasteiger partial charge in [-0.3, -0.25) is 0 Å². The Morgan fingerprint density at radius 3 is 1.92 bits per heavy atom. The van der Waals surface area contributed by atoms with E-state index in [0.29, 0.717) is 12.0 Å². The first-order valence-electron chi connectivity index (χ1n) is 4.75. The van der Waals surface area contributed by atoms with Crippen molar-refractivity contribution in [1.29, 1.82) is 0 Å². The average Bonchev–Trinajstić information content (AvgIpc) is 1.97. The lowest BCUT2D eigenvalue weighted by atomic mass is 9.78. The van der Waals surface area contributed by atoms with Gasteiger partial charge in [-0.05, 0) is 24.8 Å². The van der Waals surface area contributed by atoms with Crippen LogP contribution in [0, 0.1) is 11.3 Å². The molecule has 12 heavy (non-hydrogen) atoms. The van der Waals surface area contributed by atoms with Gasteiger partial charge in [-0.25, -0.2) is 0 Å². The third-order valence-corrected chi connectivity index (χ3v) is 2.47. The van der Waals surface area contributed by atoms with Gasteiger partial charge < -0.3 is 10.4 Å². The molecule has 0 fully saturated rings. The molecule has 74 valence electrons. The third kappa shape index (κ3) is 3.11. The summed E-state index contributed by atoms with van der Waals surface area (Å²) in [4.78, 5) is 0. The summed E-state index contributed by atoms with van der Waals surface area (Å²) in [5, 5.41) is 12.4. The minimum Gasteiger partial charge on any atom is -0.396 e. The maximum Gasteiger partial charge on any atom is 0.0474 e. The van der Waals surface area contributed by atoms with Gasteiger partial charge in [0.05, 0.1) is 0 Å². The van der Waals surface area contributed by atoms with Crippen LogP contribution in [0.15, 0.2) is 0 Å². The molecule has 0 radical (unpaired) electrons. The van der Waals surface area contributed by atoms with E-state index in [4.69, 9.17) is 5.11 Å². The highest BCUT2D eigenvalue weighted by Gasteiger charge is 2.29. The van der Waals surface area contributed by atoms with E-state index in [-0.39, 0.29) is 12.0 Å². The monoisotopic (exact) mass is 173 g/mol. The second kappa shape index (κ2) is 4.83. The van der Waals surface area contributed by atoms with Gasteiger partial charge in [-0.2, -0.15) is 0 Å². The Balaban J connectivity index is 4.31. The Kier molecular flexibility index (Phi) is 4.80. The first kappa shape index (κ1) is 11.9. The highest BCUT2D eigenvalue weighted by Crippen LogP contribution is 2.26. The quantitative estimate of drug-likeness (QED) is 0.677. The Morgan fingerprint density at radius 1 is 1.33 bits per heavy atom. The molecule has 2 unspecified atom stereocenters. The van der Waals surface area contributed by atoms with Crippen LogP contribution < -0.4 is 5.32 Å². The van der Waals surface area contributed by atoms with E-state index in [2.05, 4.69) is 33.0 Å². The molecule has 2 N–H and O–H groups in total. The first-order valence-corrected chi connectivity index (χ1v) is 4.75. The van der Waals surface area contributed by atoms with E-state index >= 15 is 0 Å². The Labute approximate surface area is 76.4 Å². The van der Waals surface area contributed by atoms with Gasteiger partial charge in [0.15, 0.2) is 0 Å². The van der Waals surface area contributed by atoms with Crippen molar-refractivity contribution in [1.82, 2.24) is 5.32 Å². The molecule has 0 aliphatic heterocycles. The van der Waals surface area contributed by atoms with Crippen molar-refractivity contribution < 1.29 is 5.11 Å². The molecule has 0 aromatic heterocycles. The molecule has 0 saturated carbocycles. The molecule has 0 aromatic carbocycles. The fraction of sp³-hybridized carbons (Fsp3) is 1.00. The number of aliphatic hydroxyl groups excluding tert-OH is 1. The largest absolute Gasteiger partial charge is 0.396 e. The summed E-state index contributed by atoms with van der Waals surface area (Å²) in [5.41, 5.74) is 0.220. The van der Waals surface area contributed by atoms with Crippen LogP contribution in [0.1, 0.15) is 34.1 Å². The average molecular weight is 173 g/mol. The molecule has 0 heterocycles. The maximum absolute atomic E-state index is 9.15. The van der Waals surface area contributed by atoms with Gasteiger partial charge in [-0.15, -0.1) is 0 Å². The molecule has 2 nitrogen and oxygen atoms in total. The van der Waals surface area contributed by atoms with E-state index in [1.807, 2.05) is 7.05 Å². The molecule has 0 rings (SSSR count). The highest BCUT2D eigenvalue weighted by atomic mass is 16.3. The number of hydrogen-bond acceptors (Lipinski definition) is 2. The Hall–Kier alpha value is -0.0800. The normalized spacial score (nSPS) is 17.5. The fourth-order valence-corrected chi connectivity index (χ4v) is 1.85. The van der Waals surface area contributed by atoms with Crippen LogP contribution in [0.3, 0.4) is 0 Å². The van der Waals surface area contributed by atoms with Crippen molar-refractivity contribution >= 4 is 0 Å². The Bertz CT molecular complexity index is 113. The molecule has 0 aliphatic rings. The third-order valence-electron chi connectivity index (χ3n) is 2.47. The molecule has 0 bridgehead atoms. The van der Waals surface area contributed by atoms with E-state index in [1.54, 1.807) is 0 Å². The van der Waals surface area contributed by atoms with Gasteiger partial charge in [-0.1, -0.05) is 27.7 Å². The zero-order valence-electron chi connectivity index (χ0n) is 9.02. The minimum absolute atomic E-state index is 0.220. The minimum atomic E-state index is 0.220. The lowest BCUT2D eigenvalue weighted by molar-refractivity contribution is 0.128. The van der Waals surface area contributed by atoms with Crippen molar-refractivity contribution in [2.24, 2.45) is 11.3 Å². The number of aliphatic hydroxyl groups is 1. The molecular weight excluding hydrogens is 150 g/mol. The smallest absolute Gasteiger partial charge is 0.0474 e. The second-order valence-electron chi connectivity index (χ2n) is 4.48. The van der Waals surface area contributed by atoms with Gasteiger partial charge in [0.25, 0.3) is 0 Å². The van der Waals surface area contributed by atoms with Crippen molar-refractivity contribution in [2.45, 2.75) is 40.2 Å². The lowest BCUT2D eigenvalue weighted by Crippen LogP contribution is -2.45. The maximum atomic E-state index is 9.15.